The van der Waals surface area contributed by atoms with Crippen LogP contribution in [-0.2, 0) is 4.79 Å². The molecule has 1 saturated carbocycles. The highest BCUT2D eigenvalue weighted by molar-refractivity contribution is 14.1. The molecule has 92 valence electrons. The molecule has 5 heteroatoms. The lowest BCUT2D eigenvalue weighted by Crippen LogP contribution is -2.36. The van der Waals surface area contributed by atoms with Crippen LogP contribution < -0.4 is 16.0 Å². The van der Waals surface area contributed by atoms with Gasteiger partial charge in [0, 0.05) is 22.3 Å². The van der Waals surface area contributed by atoms with Crippen molar-refractivity contribution in [2.75, 3.05) is 24.2 Å². The number of anilines is 2. The van der Waals surface area contributed by atoms with Crippen molar-refractivity contribution in [3.63, 3.8) is 0 Å². The van der Waals surface area contributed by atoms with Crippen LogP contribution in [0.25, 0.3) is 0 Å². The zero-order valence-electron chi connectivity index (χ0n) is 9.74. The molecule has 1 fully saturated rings. The van der Waals surface area contributed by atoms with Crippen molar-refractivity contribution in [2.45, 2.75) is 18.9 Å². The van der Waals surface area contributed by atoms with Gasteiger partial charge in [0.25, 0.3) is 0 Å². The third-order valence-corrected chi connectivity index (χ3v) is 3.57. The van der Waals surface area contributed by atoms with E-state index >= 15 is 0 Å². The van der Waals surface area contributed by atoms with Crippen LogP contribution in [-0.4, -0.2) is 25.5 Å². The van der Waals surface area contributed by atoms with Crippen molar-refractivity contribution in [2.24, 2.45) is 0 Å². The van der Waals surface area contributed by atoms with Crippen LogP contribution in [0, 0.1) is 3.57 Å². The van der Waals surface area contributed by atoms with E-state index in [1.165, 1.54) is 0 Å². The minimum atomic E-state index is 0.0858. The van der Waals surface area contributed by atoms with Crippen molar-refractivity contribution in [1.29, 1.82) is 0 Å². The largest absolute Gasteiger partial charge is 0.399 e. The first-order valence-corrected chi connectivity index (χ1v) is 6.69. The Morgan fingerprint density at radius 3 is 2.88 bits per heavy atom. The average molecular weight is 345 g/mol. The fourth-order valence-corrected chi connectivity index (χ4v) is 2.59. The molecule has 17 heavy (non-hydrogen) atoms. The van der Waals surface area contributed by atoms with Crippen molar-refractivity contribution in [3.8, 4) is 0 Å². The predicted molar refractivity (Wildman–Crippen MR) is 78.0 cm³/mol. The summed E-state index contributed by atoms with van der Waals surface area (Å²) in [6, 6.07) is 6.13. The van der Waals surface area contributed by atoms with Crippen molar-refractivity contribution < 1.29 is 4.79 Å². The molecule has 0 atom stereocenters. The first kappa shape index (κ1) is 12.5. The van der Waals surface area contributed by atoms with E-state index in [0.29, 0.717) is 12.6 Å². The number of carbonyl (C=O) groups excluding carboxylic acids is 1. The van der Waals surface area contributed by atoms with Gasteiger partial charge in [-0.05, 0) is 53.6 Å². The first-order valence-electron chi connectivity index (χ1n) is 5.62. The molecule has 0 bridgehead atoms. The summed E-state index contributed by atoms with van der Waals surface area (Å²) in [5.74, 6) is 0.0858. The Hall–Kier alpha value is -0.980. The summed E-state index contributed by atoms with van der Waals surface area (Å²) >= 11 is 2.23. The molecule has 1 aromatic rings. The second kappa shape index (κ2) is 5.12. The summed E-state index contributed by atoms with van der Waals surface area (Å²) in [6.07, 6.45) is 2.24. The Labute approximate surface area is 115 Å². The van der Waals surface area contributed by atoms with Gasteiger partial charge < -0.3 is 16.0 Å². The number of benzene rings is 1. The van der Waals surface area contributed by atoms with Gasteiger partial charge in [-0.3, -0.25) is 4.79 Å². The Kier molecular flexibility index (Phi) is 3.76. The van der Waals surface area contributed by atoms with Crippen molar-refractivity contribution >= 4 is 39.9 Å². The molecule has 1 aliphatic carbocycles. The third-order valence-electron chi connectivity index (χ3n) is 2.71. The van der Waals surface area contributed by atoms with Crippen molar-refractivity contribution in [3.05, 3.63) is 21.8 Å². The van der Waals surface area contributed by atoms with Gasteiger partial charge in [0.15, 0.2) is 0 Å². The van der Waals surface area contributed by atoms with Gasteiger partial charge in [0.2, 0.25) is 5.91 Å². The quantitative estimate of drug-likeness (QED) is 0.644. The highest BCUT2D eigenvalue weighted by Crippen LogP contribution is 2.24. The number of nitrogen functional groups attached to an aromatic ring is 1. The Morgan fingerprint density at radius 1 is 1.59 bits per heavy atom. The molecule has 0 heterocycles. The summed E-state index contributed by atoms with van der Waals surface area (Å²) in [4.78, 5) is 13.6. The van der Waals surface area contributed by atoms with Crippen LogP contribution in [0.5, 0.6) is 0 Å². The molecule has 0 saturated heterocycles. The van der Waals surface area contributed by atoms with Gasteiger partial charge in [0.1, 0.15) is 0 Å². The standard InChI is InChI=1S/C12H16IN3O/c1-16(7-12(17)15-9-3-4-9)11-5-2-8(14)6-10(11)13/h2,5-6,9H,3-4,7,14H2,1H3,(H,15,17). The number of nitrogens with two attached hydrogens (primary N) is 1. The molecular formula is C12H16IN3O. The maximum atomic E-state index is 11.7. The normalized spacial score (nSPS) is 14.5. The molecule has 1 aliphatic rings. The molecule has 0 spiro atoms. The number of likely N-dealkylation sites (N-methyl/N-ethyl adjacent to an activating group) is 1. The van der Waals surface area contributed by atoms with E-state index in [1.807, 2.05) is 30.1 Å². The van der Waals surface area contributed by atoms with Crippen LogP contribution in [0.4, 0.5) is 11.4 Å². The number of hydrogen-bond donors (Lipinski definition) is 2. The van der Waals surface area contributed by atoms with Crippen LogP contribution in [0.3, 0.4) is 0 Å². The Balaban J connectivity index is 1.97. The molecule has 1 amide bonds. The van der Waals surface area contributed by atoms with Gasteiger partial charge in [-0.15, -0.1) is 0 Å². The van der Waals surface area contributed by atoms with Crippen LogP contribution >= 0.6 is 22.6 Å². The van der Waals surface area contributed by atoms with Crippen LogP contribution in [0.2, 0.25) is 0 Å². The Morgan fingerprint density at radius 2 is 2.29 bits per heavy atom. The van der Waals surface area contributed by atoms with Crippen LogP contribution in [0.15, 0.2) is 18.2 Å². The lowest BCUT2D eigenvalue weighted by atomic mass is 10.2. The highest BCUT2D eigenvalue weighted by Gasteiger charge is 2.23. The maximum Gasteiger partial charge on any atom is 0.239 e. The zero-order valence-corrected chi connectivity index (χ0v) is 11.9. The third kappa shape index (κ3) is 3.49. The van der Waals surface area contributed by atoms with E-state index in [0.717, 1.165) is 27.8 Å². The summed E-state index contributed by atoms with van der Waals surface area (Å²) in [5, 5.41) is 2.98. The second-order valence-electron chi connectivity index (χ2n) is 4.41. The van der Waals surface area contributed by atoms with E-state index in [1.54, 1.807) is 0 Å². The number of halogens is 1. The lowest BCUT2D eigenvalue weighted by molar-refractivity contribution is -0.119. The molecule has 0 radical (unpaired) electrons. The minimum Gasteiger partial charge on any atom is -0.399 e. The fourth-order valence-electron chi connectivity index (χ4n) is 1.63. The molecular weight excluding hydrogens is 329 g/mol. The second-order valence-corrected chi connectivity index (χ2v) is 5.57. The van der Waals surface area contributed by atoms with E-state index < -0.39 is 0 Å². The summed E-state index contributed by atoms with van der Waals surface area (Å²) in [5.41, 5.74) is 7.48. The average Bonchev–Trinajstić information content (AvgIpc) is 3.00. The topological polar surface area (TPSA) is 58.4 Å². The van der Waals surface area contributed by atoms with Gasteiger partial charge in [0.05, 0.1) is 12.2 Å². The number of nitrogens with one attached hydrogen (secondary N) is 1. The summed E-state index contributed by atoms with van der Waals surface area (Å²) in [6.45, 7) is 0.385. The maximum absolute atomic E-state index is 11.7. The number of rotatable bonds is 4. The number of amides is 1. The van der Waals surface area contributed by atoms with E-state index in [4.69, 9.17) is 5.73 Å². The smallest absolute Gasteiger partial charge is 0.239 e. The summed E-state index contributed by atoms with van der Waals surface area (Å²) < 4.78 is 1.06. The summed E-state index contributed by atoms with van der Waals surface area (Å²) in [7, 11) is 1.92. The minimum absolute atomic E-state index is 0.0858. The first-order chi connectivity index (χ1) is 8.06. The number of hydrogen-bond acceptors (Lipinski definition) is 3. The molecule has 3 N–H and O–H groups in total. The molecule has 4 nitrogen and oxygen atoms in total. The molecule has 1 aromatic carbocycles. The highest BCUT2D eigenvalue weighted by atomic mass is 127. The monoisotopic (exact) mass is 345 g/mol. The molecule has 0 aliphatic heterocycles. The number of carbonyl (C=O) groups is 1. The van der Waals surface area contributed by atoms with E-state index in [-0.39, 0.29) is 5.91 Å². The van der Waals surface area contributed by atoms with E-state index in [9.17, 15) is 4.79 Å². The van der Waals surface area contributed by atoms with Crippen LogP contribution in [0.1, 0.15) is 12.8 Å². The predicted octanol–water partition coefficient (Wildman–Crippen LogP) is 1.59. The van der Waals surface area contributed by atoms with Crippen molar-refractivity contribution in [1.82, 2.24) is 5.32 Å². The zero-order chi connectivity index (χ0) is 12.4. The molecule has 0 unspecified atom stereocenters. The van der Waals surface area contributed by atoms with Gasteiger partial charge in [-0.25, -0.2) is 0 Å². The van der Waals surface area contributed by atoms with E-state index in [2.05, 4.69) is 27.9 Å². The SMILES string of the molecule is CN(CC(=O)NC1CC1)c1ccc(N)cc1I. The Bertz CT molecular complexity index is 432. The molecule has 0 aromatic heterocycles. The van der Waals surface area contributed by atoms with Gasteiger partial charge in [-0.1, -0.05) is 0 Å². The lowest BCUT2D eigenvalue weighted by Gasteiger charge is -2.20. The van der Waals surface area contributed by atoms with Gasteiger partial charge >= 0.3 is 0 Å². The molecule has 2 rings (SSSR count). The number of nitrogens with zero attached hydrogens (tertiary/aromatic N) is 1. The van der Waals surface area contributed by atoms with Gasteiger partial charge in [-0.2, -0.15) is 0 Å². The fraction of sp³-hybridized carbons (Fsp3) is 0.417.